The van der Waals surface area contributed by atoms with Crippen LogP contribution in [0.1, 0.15) is 64.2 Å². The lowest BCUT2D eigenvalue weighted by Gasteiger charge is -2.12. The molecule has 0 fully saturated rings. The third-order valence-electron chi connectivity index (χ3n) is 6.63. The van der Waals surface area contributed by atoms with Crippen LogP contribution in [-0.2, 0) is 26.2 Å². The molecule has 0 radical (unpaired) electrons. The number of benzene rings is 2. The smallest absolute Gasteiger partial charge is 0.270 e. The number of nitrogens with zero attached hydrogens (tertiary/aromatic N) is 2. The van der Waals surface area contributed by atoms with Gasteiger partial charge in [-0.1, -0.05) is 36.4 Å². The van der Waals surface area contributed by atoms with Crippen LogP contribution in [0.4, 0.5) is 11.4 Å². The first-order chi connectivity index (χ1) is 20.3. The number of anilines is 2. The fourth-order valence-electron chi connectivity index (χ4n) is 4.28. The van der Waals surface area contributed by atoms with Gasteiger partial charge in [-0.05, 0) is 58.7 Å². The van der Waals surface area contributed by atoms with Crippen molar-refractivity contribution in [2.45, 2.75) is 26.2 Å². The van der Waals surface area contributed by atoms with Gasteiger partial charge in [-0.2, -0.15) is 0 Å². The van der Waals surface area contributed by atoms with Gasteiger partial charge >= 0.3 is 0 Å². The maximum Gasteiger partial charge on any atom is 0.270 e. The first-order valence-corrected chi connectivity index (χ1v) is 13.1. The van der Waals surface area contributed by atoms with E-state index in [1.807, 2.05) is 0 Å². The number of rotatable bonds is 0. The molecule has 0 saturated heterocycles. The zero-order valence-corrected chi connectivity index (χ0v) is 22.4. The van der Waals surface area contributed by atoms with E-state index in [4.69, 9.17) is 11.5 Å². The Bertz CT molecular complexity index is 1590. The van der Waals surface area contributed by atoms with E-state index in [0.29, 0.717) is 22.5 Å². The Morgan fingerprint density at radius 2 is 0.810 bits per heavy atom. The zero-order valence-electron chi connectivity index (χ0n) is 22.4. The van der Waals surface area contributed by atoms with Crippen molar-refractivity contribution >= 4 is 35.0 Å². The summed E-state index contributed by atoms with van der Waals surface area (Å²) in [6, 6.07) is 19.7. The Morgan fingerprint density at radius 3 is 1.14 bits per heavy atom. The van der Waals surface area contributed by atoms with Gasteiger partial charge in [-0.3, -0.25) is 19.2 Å². The van der Waals surface area contributed by atoms with Crippen molar-refractivity contribution in [1.82, 2.24) is 31.2 Å². The molecule has 2 aromatic heterocycles. The van der Waals surface area contributed by atoms with Crippen LogP contribution in [0.5, 0.6) is 0 Å². The molecule has 4 aliphatic rings. The SMILES string of the molecule is Nc1cc2ccc1CNC(=O)c1cccc(n1)C(=O)NCc1ccc(cc1N)CNC(=O)c1cccc(n1)C(=O)NC2. The lowest BCUT2D eigenvalue weighted by atomic mass is 10.1. The molecule has 0 unspecified atom stereocenters. The average Bonchev–Trinajstić information content (AvgIpc) is 3.01. The van der Waals surface area contributed by atoms with E-state index in [2.05, 4.69) is 31.2 Å². The number of amides is 4. The van der Waals surface area contributed by atoms with Crippen LogP contribution in [-0.4, -0.2) is 33.6 Å². The number of nitrogens with one attached hydrogen (secondary N) is 4. The fraction of sp³-hybridized carbons (Fsp3) is 0.133. The summed E-state index contributed by atoms with van der Waals surface area (Å²) < 4.78 is 0. The standard InChI is InChI=1S/C30H28N8O4/c31-21-11-17-7-9-19(21)15-35-29(41)25-5-2-6-26(38-25)30(42)36-16-20-10-8-18(12-22(20)32)14-34-28(40)24-4-1-3-23(37-24)27(39)33-13-17/h1-12H,13-16,31-32H2,(H,33,39)(H,34,40)(H,35,41)(H,36,42). The highest BCUT2D eigenvalue weighted by atomic mass is 16.2. The van der Waals surface area contributed by atoms with Crippen LogP contribution in [0.2, 0.25) is 0 Å². The number of nitrogens with two attached hydrogens (primary N) is 2. The van der Waals surface area contributed by atoms with Crippen LogP contribution in [0, 0.1) is 0 Å². The quantitative estimate of drug-likeness (QED) is 0.174. The van der Waals surface area contributed by atoms with Gasteiger partial charge in [0.2, 0.25) is 0 Å². The minimum atomic E-state index is -0.469. The molecule has 4 amide bonds. The van der Waals surface area contributed by atoms with E-state index >= 15 is 0 Å². The largest absolute Gasteiger partial charge is 0.398 e. The number of carbonyl (C=O) groups excluding carboxylic acids is 4. The van der Waals surface area contributed by atoms with Crippen LogP contribution >= 0.6 is 0 Å². The second kappa shape index (κ2) is 12.2. The van der Waals surface area contributed by atoms with Crippen molar-refractivity contribution in [2.24, 2.45) is 0 Å². The monoisotopic (exact) mass is 564 g/mol. The van der Waals surface area contributed by atoms with E-state index in [1.54, 1.807) is 48.5 Å². The molecule has 2 aromatic carbocycles. The van der Waals surface area contributed by atoms with E-state index in [9.17, 15) is 19.2 Å². The van der Waals surface area contributed by atoms with Crippen LogP contribution < -0.4 is 32.7 Å². The summed E-state index contributed by atoms with van der Waals surface area (Å²) in [5.41, 5.74) is 16.4. The number of hydrogen-bond acceptors (Lipinski definition) is 8. The highest BCUT2D eigenvalue weighted by Gasteiger charge is 2.15. The van der Waals surface area contributed by atoms with Crippen molar-refractivity contribution in [3.05, 3.63) is 118 Å². The Labute approximate surface area is 240 Å². The maximum atomic E-state index is 12.8. The molecular formula is C30H28N8O4. The van der Waals surface area contributed by atoms with Gasteiger partial charge in [0, 0.05) is 37.6 Å². The second-order valence-electron chi connectivity index (χ2n) is 9.61. The highest BCUT2D eigenvalue weighted by molar-refractivity contribution is 5.97. The topological polar surface area (TPSA) is 194 Å². The Hall–Kier alpha value is -5.78. The Kier molecular flexibility index (Phi) is 8.05. The summed E-state index contributed by atoms with van der Waals surface area (Å²) in [5, 5.41) is 11.1. The first-order valence-electron chi connectivity index (χ1n) is 13.1. The normalized spacial score (nSPS) is 14.5. The lowest BCUT2D eigenvalue weighted by Crippen LogP contribution is -2.28. The van der Waals surface area contributed by atoms with Gasteiger partial charge in [0.1, 0.15) is 22.8 Å². The predicted molar refractivity (Wildman–Crippen MR) is 155 cm³/mol. The van der Waals surface area contributed by atoms with Crippen molar-refractivity contribution < 1.29 is 19.2 Å². The third kappa shape index (κ3) is 6.50. The number of aromatic nitrogens is 2. The van der Waals surface area contributed by atoms with Gasteiger partial charge in [0.25, 0.3) is 23.6 Å². The molecule has 12 heteroatoms. The Balaban J connectivity index is 1.40. The van der Waals surface area contributed by atoms with Crippen molar-refractivity contribution in [3.63, 3.8) is 0 Å². The molecule has 42 heavy (non-hydrogen) atoms. The van der Waals surface area contributed by atoms with E-state index in [-0.39, 0.29) is 49.0 Å². The van der Waals surface area contributed by atoms with E-state index in [0.717, 1.165) is 11.1 Å². The Morgan fingerprint density at radius 1 is 0.476 bits per heavy atom. The molecule has 0 atom stereocenters. The molecule has 0 spiro atoms. The average molecular weight is 565 g/mol. The van der Waals surface area contributed by atoms with Crippen LogP contribution in [0.15, 0.2) is 72.8 Å². The number of hydrogen-bond donors (Lipinski definition) is 6. The molecule has 0 aliphatic carbocycles. The van der Waals surface area contributed by atoms with Gasteiger partial charge in [-0.25, -0.2) is 9.97 Å². The van der Waals surface area contributed by atoms with Crippen LogP contribution in [0.3, 0.4) is 0 Å². The van der Waals surface area contributed by atoms with Gasteiger partial charge in [0.05, 0.1) is 0 Å². The molecule has 8 rings (SSSR count). The molecule has 8 N–H and O–H groups in total. The highest BCUT2D eigenvalue weighted by Crippen LogP contribution is 2.16. The molecular weight excluding hydrogens is 536 g/mol. The first kappa shape index (κ1) is 27.8. The summed E-state index contributed by atoms with van der Waals surface area (Å²) in [6.45, 7) is 0.598. The number of pyridine rings is 2. The number of carbonyl (C=O) groups is 4. The maximum absolute atomic E-state index is 12.8. The summed E-state index contributed by atoms with van der Waals surface area (Å²) in [6.07, 6.45) is 0. The minimum Gasteiger partial charge on any atom is -0.398 e. The van der Waals surface area contributed by atoms with Crippen molar-refractivity contribution in [2.75, 3.05) is 11.5 Å². The summed E-state index contributed by atoms with van der Waals surface area (Å²) in [4.78, 5) is 59.5. The summed E-state index contributed by atoms with van der Waals surface area (Å²) >= 11 is 0. The molecule has 6 heterocycles. The summed E-state index contributed by atoms with van der Waals surface area (Å²) in [5.74, 6) is -1.84. The molecule has 0 saturated carbocycles. The van der Waals surface area contributed by atoms with Gasteiger partial charge in [0.15, 0.2) is 0 Å². The molecule has 4 aliphatic heterocycles. The number of nitrogen functional groups attached to an aromatic ring is 2. The zero-order chi connectivity index (χ0) is 29.6. The molecule has 4 aromatic rings. The minimum absolute atomic E-state index is 0.0746. The molecule has 12 nitrogen and oxygen atoms in total. The van der Waals surface area contributed by atoms with Crippen molar-refractivity contribution in [1.29, 1.82) is 0 Å². The van der Waals surface area contributed by atoms with Gasteiger partial charge < -0.3 is 32.7 Å². The van der Waals surface area contributed by atoms with Crippen LogP contribution in [0.25, 0.3) is 0 Å². The predicted octanol–water partition coefficient (Wildman–Crippen LogP) is 1.67. The lowest BCUT2D eigenvalue weighted by molar-refractivity contribution is 0.0925. The molecule has 212 valence electrons. The second-order valence-corrected chi connectivity index (χ2v) is 9.61. The van der Waals surface area contributed by atoms with Gasteiger partial charge in [-0.15, -0.1) is 0 Å². The third-order valence-corrected chi connectivity index (χ3v) is 6.63. The summed E-state index contributed by atoms with van der Waals surface area (Å²) in [7, 11) is 0. The fourth-order valence-corrected chi connectivity index (χ4v) is 4.28. The van der Waals surface area contributed by atoms with E-state index in [1.165, 1.54) is 24.3 Å². The van der Waals surface area contributed by atoms with Crippen molar-refractivity contribution in [3.8, 4) is 0 Å². The molecule has 8 bridgehead atoms. The van der Waals surface area contributed by atoms with E-state index < -0.39 is 23.6 Å².